The quantitative estimate of drug-likeness (QED) is 0.781. The number of carbonyl (C=O) groups excluding carboxylic acids is 2. The first-order valence-electron chi connectivity index (χ1n) is 6.61. The maximum Gasteiger partial charge on any atom is 0.253 e. The summed E-state index contributed by atoms with van der Waals surface area (Å²) in [4.78, 5) is 25.4. The van der Waals surface area contributed by atoms with Crippen LogP contribution >= 0.6 is 0 Å². The second kappa shape index (κ2) is 4.66. The molecule has 0 spiro atoms. The molecule has 2 aliphatic rings. The molecule has 0 radical (unpaired) electrons. The van der Waals surface area contributed by atoms with Crippen molar-refractivity contribution in [2.45, 2.75) is 25.3 Å². The summed E-state index contributed by atoms with van der Waals surface area (Å²) in [5.41, 5.74) is 8.37. The number of amides is 2. The summed E-state index contributed by atoms with van der Waals surface area (Å²) in [6.07, 6.45) is 2.05. The molecule has 3 N–H and O–H groups in total. The number of carbonyl (C=O) groups is 2. The van der Waals surface area contributed by atoms with Crippen molar-refractivity contribution in [1.29, 1.82) is 0 Å². The number of nitrogens with zero attached hydrogens (tertiary/aromatic N) is 1. The highest BCUT2D eigenvalue weighted by Crippen LogP contribution is 2.24. The summed E-state index contributed by atoms with van der Waals surface area (Å²) in [5.74, 6) is 0.0738. The smallest absolute Gasteiger partial charge is 0.253 e. The van der Waals surface area contributed by atoms with Crippen molar-refractivity contribution in [2.75, 3.05) is 18.4 Å². The average Bonchev–Trinajstić information content (AvgIpc) is 2.84. The zero-order valence-corrected chi connectivity index (χ0v) is 10.7. The highest BCUT2D eigenvalue weighted by Gasteiger charge is 2.25. The molecule has 0 aromatic heterocycles. The second-order valence-electron chi connectivity index (χ2n) is 5.22. The van der Waals surface area contributed by atoms with E-state index in [0.29, 0.717) is 24.9 Å². The Bertz CT molecular complexity index is 541. The van der Waals surface area contributed by atoms with Crippen LogP contribution in [0.5, 0.6) is 0 Å². The predicted octanol–water partition coefficient (Wildman–Crippen LogP) is 0.744. The summed E-state index contributed by atoms with van der Waals surface area (Å²) in [6, 6.07) is 5.58. The molecule has 0 unspecified atom stereocenters. The summed E-state index contributed by atoms with van der Waals surface area (Å²) in [5, 5.41) is 2.82. The van der Waals surface area contributed by atoms with Gasteiger partial charge < -0.3 is 16.0 Å². The van der Waals surface area contributed by atoms with Crippen molar-refractivity contribution >= 4 is 17.5 Å². The SMILES string of the molecule is N[C@@H]1CCN(C(=O)c2ccc3c(c2)CCC(=O)N3)C1. The van der Waals surface area contributed by atoms with Crippen molar-refractivity contribution in [3.8, 4) is 0 Å². The third-order valence-electron chi connectivity index (χ3n) is 3.76. The van der Waals surface area contributed by atoms with Gasteiger partial charge in [-0.1, -0.05) is 0 Å². The first-order chi connectivity index (χ1) is 9.13. The van der Waals surface area contributed by atoms with E-state index in [1.807, 2.05) is 12.1 Å². The molecule has 1 saturated heterocycles. The monoisotopic (exact) mass is 259 g/mol. The highest BCUT2D eigenvalue weighted by atomic mass is 16.2. The zero-order valence-electron chi connectivity index (χ0n) is 10.7. The van der Waals surface area contributed by atoms with E-state index < -0.39 is 0 Å². The Kier molecular flexibility index (Phi) is 2.98. The van der Waals surface area contributed by atoms with Gasteiger partial charge in [-0.2, -0.15) is 0 Å². The summed E-state index contributed by atoms with van der Waals surface area (Å²) < 4.78 is 0. The molecule has 0 bridgehead atoms. The number of hydrogen-bond donors (Lipinski definition) is 2. The third kappa shape index (κ3) is 2.33. The topological polar surface area (TPSA) is 75.4 Å². The van der Waals surface area contributed by atoms with Gasteiger partial charge in [0.05, 0.1) is 0 Å². The molecule has 1 aromatic rings. The molecular formula is C14H17N3O2. The summed E-state index contributed by atoms with van der Waals surface area (Å²) >= 11 is 0. The number of nitrogens with one attached hydrogen (secondary N) is 1. The lowest BCUT2D eigenvalue weighted by molar-refractivity contribution is -0.116. The molecule has 2 heterocycles. The Balaban J connectivity index is 1.82. The van der Waals surface area contributed by atoms with Gasteiger partial charge in [0.1, 0.15) is 0 Å². The Morgan fingerprint density at radius 1 is 1.37 bits per heavy atom. The fraction of sp³-hybridized carbons (Fsp3) is 0.429. The molecule has 5 nitrogen and oxygen atoms in total. The van der Waals surface area contributed by atoms with Crippen LogP contribution in [0.3, 0.4) is 0 Å². The number of likely N-dealkylation sites (tertiary alicyclic amines) is 1. The molecule has 1 fully saturated rings. The third-order valence-corrected chi connectivity index (χ3v) is 3.76. The van der Waals surface area contributed by atoms with Gasteiger partial charge in [0, 0.05) is 36.8 Å². The molecule has 0 aliphatic carbocycles. The zero-order chi connectivity index (χ0) is 13.4. The molecule has 2 amide bonds. The number of aryl methyl sites for hydroxylation is 1. The van der Waals surface area contributed by atoms with Gasteiger partial charge in [0.25, 0.3) is 5.91 Å². The normalized spacial score (nSPS) is 22.1. The van der Waals surface area contributed by atoms with E-state index >= 15 is 0 Å². The predicted molar refractivity (Wildman–Crippen MR) is 71.9 cm³/mol. The van der Waals surface area contributed by atoms with E-state index in [4.69, 9.17) is 5.73 Å². The molecule has 5 heteroatoms. The van der Waals surface area contributed by atoms with Crippen molar-refractivity contribution in [3.63, 3.8) is 0 Å². The number of fused-ring (bicyclic) bond motifs is 1. The Hall–Kier alpha value is -1.88. The second-order valence-corrected chi connectivity index (χ2v) is 5.22. The summed E-state index contributed by atoms with van der Waals surface area (Å²) in [6.45, 7) is 1.36. The molecule has 0 saturated carbocycles. The molecule has 1 atom stereocenters. The van der Waals surface area contributed by atoms with Gasteiger partial charge in [0.2, 0.25) is 5.91 Å². The standard InChI is InChI=1S/C14H17N3O2/c15-11-5-6-17(8-11)14(19)10-1-3-12-9(7-10)2-4-13(18)16-12/h1,3,7,11H,2,4-6,8,15H2,(H,16,18)/t11-/m1/s1. The Morgan fingerprint density at radius 3 is 2.95 bits per heavy atom. The minimum Gasteiger partial charge on any atom is -0.337 e. The Morgan fingerprint density at radius 2 is 2.21 bits per heavy atom. The van der Waals surface area contributed by atoms with Crippen molar-refractivity contribution in [2.24, 2.45) is 5.73 Å². The van der Waals surface area contributed by atoms with Crippen LogP contribution in [0.2, 0.25) is 0 Å². The van der Waals surface area contributed by atoms with Crippen LogP contribution < -0.4 is 11.1 Å². The number of benzene rings is 1. The fourth-order valence-corrected chi connectivity index (χ4v) is 2.67. The number of nitrogens with two attached hydrogens (primary N) is 1. The van der Waals surface area contributed by atoms with Gasteiger partial charge in [0.15, 0.2) is 0 Å². The number of anilines is 1. The number of rotatable bonds is 1. The van der Waals surface area contributed by atoms with E-state index in [-0.39, 0.29) is 17.9 Å². The van der Waals surface area contributed by atoms with Crippen LogP contribution in [-0.2, 0) is 11.2 Å². The van der Waals surface area contributed by atoms with E-state index in [1.165, 1.54) is 0 Å². The lowest BCUT2D eigenvalue weighted by Gasteiger charge is -2.20. The maximum atomic E-state index is 12.3. The van der Waals surface area contributed by atoms with Gasteiger partial charge in [-0.3, -0.25) is 9.59 Å². The van der Waals surface area contributed by atoms with Gasteiger partial charge >= 0.3 is 0 Å². The first-order valence-corrected chi connectivity index (χ1v) is 6.61. The van der Waals surface area contributed by atoms with Crippen molar-refractivity contribution in [1.82, 2.24) is 4.90 Å². The van der Waals surface area contributed by atoms with E-state index in [0.717, 1.165) is 24.2 Å². The van der Waals surface area contributed by atoms with Gasteiger partial charge in [-0.15, -0.1) is 0 Å². The van der Waals surface area contributed by atoms with E-state index in [1.54, 1.807) is 11.0 Å². The Labute approximate surface area is 111 Å². The van der Waals surface area contributed by atoms with Crippen LogP contribution in [0.4, 0.5) is 5.69 Å². The van der Waals surface area contributed by atoms with Crippen LogP contribution in [0.25, 0.3) is 0 Å². The van der Waals surface area contributed by atoms with Crippen LogP contribution in [0.1, 0.15) is 28.8 Å². The van der Waals surface area contributed by atoms with E-state index in [2.05, 4.69) is 5.32 Å². The maximum absolute atomic E-state index is 12.3. The minimum atomic E-state index is 0.0349. The van der Waals surface area contributed by atoms with Crippen LogP contribution in [0, 0.1) is 0 Å². The average molecular weight is 259 g/mol. The van der Waals surface area contributed by atoms with Gasteiger partial charge in [-0.25, -0.2) is 0 Å². The highest BCUT2D eigenvalue weighted by molar-refractivity contribution is 5.98. The van der Waals surface area contributed by atoms with Crippen molar-refractivity contribution < 1.29 is 9.59 Å². The molecule has 100 valence electrons. The van der Waals surface area contributed by atoms with Crippen LogP contribution in [-0.4, -0.2) is 35.8 Å². The molecule has 1 aromatic carbocycles. The molecular weight excluding hydrogens is 242 g/mol. The number of hydrogen-bond acceptors (Lipinski definition) is 3. The summed E-state index contributed by atoms with van der Waals surface area (Å²) in [7, 11) is 0. The molecule has 2 aliphatic heterocycles. The van der Waals surface area contributed by atoms with E-state index in [9.17, 15) is 9.59 Å². The minimum absolute atomic E-state index is 0.0349. The largest absolute Gasteiger partial charge is 0.337 e. The molecule has 3 rings (SSSR count). The van der Waals surface area contributed by atoms with Crippen molar-refractivity contribution in [3.05, 3.63) is 29.3 Å². The lowest BCUT2D eigenvalue weighted by atomic mass is 10.00. The van der Waals surface area contributed by atoms with Gasteiger partial charge in [-0.05, 0) is 36.6 Å². The molecule has 19 heavy (non-hydrogen) atoms. The first kappa shape index (κ1) is 12.2. The fourth-order valence-electron chi connectivity index (χ4n) is 2.67. The van der Waals surface area contributed by atoms with Crippen LogP contribution in [0.15, 0.2) is 18.2 Å². The lowest BCUT2D eigenvalue weighted by Crippen LogP contribution is -2.32.